The first-order chi connectivity index (χ1) is 10.5. The molecule has 0 bridgehead atoms. The molecule has 1 unspecified atom stereocenters. The van der Waals surface area contributed by atoms with Crippen LogP contribution in [0.25, 0.3) is 0 Å². The Morgan fingerprint density at radius 3 is 2.82 bits per heavy atom. The molecule has 1 saturated heterocycles. The molecule has 3 rings (SSSR count). The predicted octanol–water partition coefficient (Wildman–Crippen LogP) is 1.20. The topological polar surface area (TPSA) is 73.8 Å². The number of nitrogens with zero attached hydrogens (tertiary/aromatic N) is 4. The average molecular weight is 322 g/mol. The van der Waals surface area contributed by atoms with E-state index in [2.05, 4.69) is 4.98 Å². The van der Waals surface area contributed by atoms with Crippen molar-refractivity contribution in [3.05, 3.63) is 10.6 Å². The van der Waals surface area contributed by atoms with Gasteiger partial charge in [0.1, 0.15) is 6.29 Å². The molecular formula is C14H18N4O3S. The molecule has 2 aliphatic rings. The fourth-order valence-corrected chi connectivity index (χ4v) is 3.89. The van der Waals surface area contributed by atoms with E-state index in [9.17, 15) is 14.4 Å². The molecule has 7 nitrogen and oxygen atoms in total. The maximum Gasteiger partial charge on any atom is 0.328 e. The summed E-state index contributed by atoms with van der Waals surface area (Å²) in [6.45, 7) is 3.59. The smallest absolute Gasteiger partial charge is 0.312 e. The molecule has 2 heterocycles. The van der Waals surface area contributed by atoms with Crippen LogP contribution in [0, 0.1) is 5.92 Å². The lowest BCUT2D eigenvalue weighted by Crippen LogP contribution is -2.57. The summed E-state index contributed by atoms with van der Waals surface area (Å²) < 4.78 is 0. The van der Waals surface area contributed by atoms with Gasteiger partial charge in [0.05, 0.1) is 29.8 Å². The number of carbonyl (C=O) groups excluding carboxylic acids is 3. The molecule has 0 spiro atoms. The van der Waals surface area contributed by atoms with E-state index in [0.717, 1.165) is 0 Å². The minimum atomic E-state index is -0.562. The highest BCUT2D eigenvalue weighted by molar-refractivity contribution is 7.17. The average Bonchev–Trinajstić information content (AvgIpc) is 2.94. The van der Waals surface area contributed by atoms with Crippen LogP contribution in [-0.4, -0.2) is 59.8 Å². The van der Waals surface area contributed by atoms with E-state index < -0.39 is 5.92 Å². The molecule has 1 aromatic rings. The van der Waals surface area contributed by atoms with Crippen LogP contribution >= 0.6 is 11.3 Å². The van der Waals surface area contributed by atoms with Crippen LogP contribution in [0.5, 0.6) is 0 Å². The monoisotopic (exact) mass is 322 g/mol. The Bertz CT molecular complexity index is 630. The maximum atomic E-state index is 12.5. The SMILES string of the molecule is CCN1CN(C)CN(c2nc3c(s2)C(=O)C(C=O)CC3)C1=O. The van der Waals surface area contributed by atoms with Gasteiger partial charge in [-0.1, -0.05) is 11.3 Å². The first-order valence-corrected chi connectivity index (χ1v) is 8.11. The Morgan fingerprint density at radius 2 is 2.14 bits per heavy atom. The first kappa shape index (κ1) is 15.1. The van der Waals surface area contributed by atoms with Gasteiger partial charge in [-0.05, 0) is 26.8 Å². The number of urea groups is 1. The Kier molecular flexibility index (Phi) is 3.96. The molecule has 22 heavy (non-hydrogen) atoms. The molecular weight excluding hydrogens is 304 g/mol. The molecule has 0 N–H and O–H groups in total. The number of amides is 2. The second kappa shape index (κ2) is 5.77. The minimum absolute atomic E-state index is 0.0916. The fraction of sp³-hybridized carbons (Fsp3) is 0.571. The van der Waals surface area contributed by atoms with Crippen LogP contribution in [0.4, 0.5) is 9.93 Å². The lowest BCUT2D eigenvalue weighted by atomic mass is 9.91. The molecule has 0 radical (unpaired) electrons. The highest BCUT2D eigenvalue weighted by Crippen LogP contribution is 2.34. The summed E-state index contributed by atoms with van der Waals surface area (Å²) in [6, 6.07) is -0.0916. The molecule has 2 amide bonds. The van der Waals surface area contributed by atoms with Crippen molar-refractivity contribution < 1.29 is 14.4 Å². The maximum absolute atomic E-state index is 12.5. The van der Waals surface area contributed by atoms with Crippen molar-refractivity contribution in [1.29, 1.82) is 0 Å². The van der Waals surface area contributed by atoms with E-state index in [0.29, 0.717) is 54.7 Å². The standard InChI is InChI=1S/C14H18N4O3S/c1-3-17-7-16(2)8-18(14(17)21)13-15-10-5-4-9(6-19)11(20)12(10)22-13/h6,9H,3-5,7-8H2,1-2H3. The Labute approximate surface area is 132 Å². The van der Waals surface area contributed by atoms with Gasteiger partial charge < -0.3 is 9.69 Å². The number of hydrogen-bond donors (Lipinski definition) is 0. The van der Waals surface area contributed by atoms with Gasteiger partial charge in [-0.2, -0.15) is 0 Å². The quantitative estimate of drug-likeness (QED) is 0.617. The number of aldehydes is 1. The van der Waals surface area contributed by atoms with E-state index >= 15 is 0 Å². The molecule has 1 aliphatic carbocycles. The molecule has 1 atom stereocenters. The van der Waals surface area contributed by atoms with Crippen LogP contribution in [0.15, 0.2) is 0 Å². The van der Waals surface area contributed by atoms with Crippen LogP contribution < -0.4 is 4.90 Å². The summed E-state index contributed by atoms with van der Waals surface area (Å²) in [7, 11) is 1.93. The molecule has 8 heteroatoms. The molecule has 1 aromatic heterocycles. The van der Waals surface area contributed by atoms with E-state index in [1.54, 1.807) is 9.80 Å². The van der Waals surface area contributed by atoms with Crippen LogP contribution in [-0.2, 0) is 11.2 Å². The Hall–Kier alpha value is -1.80. The van der Waals surface area contributed by atoms with Gasteiger partial charge in [-0.15, -0.1) is 0 Å². The summed E-state index contributed by atoms with van der Waals surface area (Å²) in [6.07, 6.45) is 1.83. The molecule has 0 saturated carbocycles. The van der Waals surface area contributed by atoms with E-state index in [1.165, 1.54) is 11.3 Å². The predicted molar refractivity (Wildman–Crippen MR) is 82.1 cm³/mol. The van der Waals surface area contributed by atoms with Gasteiger partial charge in [0.25, 0.3) is 0 Å². The molecule has 0 aromatic carbocycles. The lowest BCUT2D eigenvalue weighted by molar-refractivity contribution is -0.110. The van der Waals surface area contributed by atoms with E-state index in [-0.39, 0.29) is 11.8 Å². The molecule has 118 valence electrons. The normalized spacial score (nSPS) is 22.9. The fourth-order valence-electron chi connectivity index (χ4n) is 2.78. The number of hydrogen-bond acceptors (Lipinski definition) is 6. The number of rotatable bonds is 3. The van der Waals surface area contributed by atoms with Crippen LogP contribution in [0.2, 0.25) is 0 Å². The first-order valence-electron chi connectivity index (χ1n) is 7.29. The number of aromatic nitrogens is 1. The van der Waals surface area contributed by atoms with Crippen molar-refractivity contribution in [3.63, 3.8) is 0 Å². The van der Waals surface area contributed by atoms with Gasteiger partial charge in [0, 0.05) is 6.54 Å². The molecule has 1 fully saturated rings. The number of anilines is 1. The summed E-state index contributed by atoms with van der Waals surface area (Å²) >= 11 is 1.22. The van der Waals surface area contributed by atoms with Gasteiger partial charge in [-0.3, -0.25) is 14.6 Å². The third kappa shape index (κ3) is 2.42. The minimum Gasteiger partial charge on any atom is -0.312 e. The van der Waals surface area contributed by atoms with E-state index in [1.807, 2.05) is 18.9 Å². The Morgan fingerprint density at radius 1 is 1.36 bits per heavy atom. The summed E-state index contributed by atoms with van der Waals surface area (Å²) in [4.78, 5) is 46.0. The van der Waals surface area contributed by atoms with Crippen molar-refractivity contribution in [3.8, 4) is 0 Å². The van der Waals surface area contributed by atoms with Gasteiger partial charge in [0.2, 0.25) is 0 Å². The van der Waals surface area contributed by atoms with E-state index in [4.69, 9.17) is 0 Å². The van der Waals surface area contributed by atoms with Crippen molar-refractivity contribution in [1.82, 2.24) is 14.8 Å². The summed E-state index contributed by atoms with van der Waals surface area (Å²) in [5.41, 5.74) is 0.715. The highest BCUT2D eigenvalue weighted by atomic mass is 32.1. The van der Waals surface area contributed by atoms with Crippen molar-refractivity contribution in [2.24, 2.45) is 5.92 Å². The Balaban J connectivity index is 1.91. The third-order valence-electron chi connectivity index (χ3n) is 4.01. The second-order valence-electron chi connectivity index (χ2n) is 5.62. The summed E-state index contributed by atoms with van der Waals surface area (Å²) in [5.74, 6) is -0.724. The van der Waals surface area contributed by atoms with Crippen LogP contribution in [0.3, 0.4) is 0 Å². The number of carbonyl (C=O) groups is 3. The van der Waals surface area contributed by atoms with Gasteiger partial charge in [-0.25, -0.2) is 9.78 Å². The van der Waals surface area contributed by atoms with Crippen molar-refractivity contribution in [2.45, 2.75) is 19.8 Å². The zero-order valence-corrected chi connectivity index (χ0v) is 13.4. The number of fused-ring (bicyclic) bond motifs is 1. The number of aryl methyl sites for hydroxylation is 1. The third-order valence-corrected chi connectivity index (χ3v) is 5.15. The number of Topliss-reactive ketones (excluding diaryl/α,β-unsaturated/α-hetero) is 1. The van der Waals surface area contributed by atoms with Crippen LogP contribution in [0.1, 0.15) is 28.7 Å². The number of ketones is 1. The van der Waals surface area contributed by atoms with Crippen molar-refractivity contribution >= 4 is 34.6 Å². The van der Waals surface area contributed by atoms with Gasteiger partial charge in [0.15, 0.2) is 10.9 Å². The highest BCUT2D eigenvalue weighted by Gasteiger charge is 2.35. The van der Waals surface area contributed by atoms with Crippen molar-refractivity contribution in [2.75, 3.05) is 31.8 Å². The zero-order chi connectivity index (χ0) is 15.9. The van der Waals surface area contributed by atoms with Gasteiger partial charge >= 0.3 is 6.03 Å². The number of thiazole rings is 1. The largest absolute Gasteiger partial charge is 0.328 e. The second-order valence-corrected chi connectivity index (χ2v) is 6.60. The summed E-state index contributed by atoms with van der Waals surface area (Å²) in [5, 5.41) is 0.542. The lowest BCUT2D eigenvalue weighted by Gasteiger charge is -2.38. The molecule has 1 aliphatic heterocycles. The zero-order valence-electron chi connectivity index (χ0n) is 12.6.